The van der Waals surface area contributed by atoms with E-state index in [1.165, 1.54) is 0 Å². The average molecular weight is 317 g/mol. The fourth-order valence-electron chi connectivity index (χ4n) is 3.86. The Balaban J connectivity index is 2.27. The first-order valence-corrected chi connectivity index (χ1v) is 7.87. The van der Waals surface area contributed by atoms with Crippen LogP contribution in [0.5, 0.6) is 0 Å². The largest absolute Gasteiger partial charge is 0.390 e. The Kier molecular flexibility index (Phi) is 3.55. The van der Waals surface area contributed by atoms with Gasteiger partial charge in [0.2, 0.25) is 0 Å². The Labute approximate surface area is 134 Å². The van der Waals surface area contributed by atoms with Gasteiger partial charge >= 0.3 is 0 Å². The van der Waals surface area contributed by atoms with E-state index in [0.29, 0.717) is 22.7 Å². The van der Waals surface area contributed by atoms with Crippen molar-refractivity contribution < 1.29 is 9.90 Å². The third-order valence-corrected chi connectivity index (χ3v) is 4.87. The molecule has 1 aliphatic rings. The highest BCUT2D eigenvalue weighted by Gasteiger charge is 2.40. The molecule has 1 saturated carbocycles. The SMILES string of the molecule is Cc1ncc2c(C(N)=O)c(N)n([C@@H]3CCC[C@H]3C(C)(C)O)c2n1. The molecule has 1 fully saturated rings. The Morgan fingerprint density at radius 1 is 1.43 bits per heavy atom. The number of fused-ring (bicyclic) bond motifs is 1. The van der Waals surface area contributed by atoms with Crippen LogP contribution in [0.3, 0.4) is 0 Å². The number of aryl methyl sites for hydroxylation is 1. The van der Waals surface area contributed by atoms with Crippen molar-refractivity contribution in [2.24, 2.45) is 11.7 Å². The first-order chi connectivity index (χ1) is 10.7. The second-order valence-corrected chi connectivity index (χ2v) is 6.91. The summed E-state index contributed by atoms with van der Waals surface area (Å²) in [5.74, 6) is 0.367. The number of nitrogens with two attached hydrogens (primary N) is 2. The first-order valence-electron chi connectivity index (χ1n) is 7.87. The quantitative estimate of drug-likeness (QED) is 0.793. The smallest absolute Gasteiger partial charge is 0.253 e. The van der Waals surface area contributed by atoms with Crippen LogP contribution in [0.25, 0.3) is 11.0 Å². The van der Waals surface area contributed by atoms with Gasteiger partial charge in [-0.25, -0.2) is 9.97 Å². The van der Waals surface area contributed by atoms with Gasteiger partial charge in [-0.05, 0) is 33.6 Å². The highest BCUT2D eigenvalue weighted by Crippen LogP contribution is 2.45. The molecule has 2 atom stereocenters. The minimum absolute atomic E-state index is 0.0140. The number of nitrogens with zero attached hydrogens (tertiary/aromatic N) is 3. The van der Waals surface area contributed by atoms with E-state index < -0.39 is 11.5 Å². The Hall–Kier alpha value is -2.15. The number of aromatic nitrogens is 3. The lowest BCUT2D eigenvalue weighted by Crippen LogP contribution is -2.35. The van der Waals surface area contributed by atoms with Gasteiger partial charge in [0.15, 0.2) is 0 Å². The van der Waals surface area contributed by atoms with E-state index in [1.807, 2.05) is 18.4 Å². The number of anilines is 1. The molecule has 0 aromatic carbocycles. The highest BCUT2D eigenvalue weighted by molar-refractivity contribution is 6.10. The van der Waals surface area contributed by atoms with Crippen LogP contribution in [-0.4, -0.2) is 31.1 Å². The molecular weight excluding hydrogens is 294 g/mol. The van der Waals surface area contributed by atoms with E-state index in [1.54, 1.807) is 13.1 Å². The van der Waals surface area contributed by atoms with Crippen LogP contribution in [0, 0.1) is 12.8 Å². The second kappa shape index (κ2) is 5.19. The normalized spacial score (nSPS) is 21.9. The molecular formula is C16H23N5O2. The van der Waals surface area contributed by atoms with E-state index >= 15 is 0 Å². The third-order valence-electron chi connectivity index (χ3n) is 4.87. The monoisotopic (exact) mass is 317 g/mol. The summed E-state index contributed by atoms with van der Waals surface area (Å²) in [6.07, 6.45) is 4.38. The Morgan fingerprint density at radius 2 is 2.13 bits per heavy atom. The highest BCUT2D eigenvalue weighted by atomic mass is 16.3. The molecule has 1 amide bonds. The van der Waals surface area contributed by atoms with Crippen molar-refractivity contribution >= 4 is 22.8 Å². The van der Waals surface area contributed by atoms with E-state index in [4.69, 9.17) is 11.5 Å². The number of carbonyl (C=O) groups is 1. The van der Waals surface area contributed by atoms with Gasteiger partial charge in [0.25, 0.3) is 5.91 Å². The molecule has 0 bridgehead atoms. The van der Waals surface area contributed by atoms with Crippen molar-refractivity contribution in [2.45, 2.75) is 51.7 Å². The van der Waals surface area contributed by atoms with Gasteiger partial charge in [-0.15, -0.1) is 0 Å². The Morgan fingerprint density at radius 3 is 2.74 bits per heavy atom. The molecule has 3 rings (SSSR count). The minimum Gasteiger partial charge on any atom is -0.390 e. The van der Waals surface area contributed by atoms with Crippen LogP contribution in [0.1, 0.15) is 55.3 Å². The lowest BCUT2D eigenvalue weighted by molar-refractivity contribution is 0.00361. The summed E-state index contributed by atoms with van der Waals surface area (Å²) in [5, 5.41) is 11.1. The maximum absolute atomic E-state index is 11.9. The number of rotatable bonds is 3. The van der Waals surface area contributed by atoms with Gasteiger partial charge < -0.3 is 21.1 Å². The summed E-state index contributed by atoms with van der Waals surface area (Å²) < 4.78 is 1.87. The zero-order valence-electron chi connectivity index (χ0n) is 13.7. The number of hydrogen-bond donors (Lipinski definition) is 3. The fourth-order valence-corrected chi connectivity index (χ4v) is 3.86. The molecule has 2 aromatic rings. The fraction of sp³-hybridized carbons (Fsp3) is 0.562. The predicted molar refractivity (Wildman–Crippen MR) is 87.9 cm³/mol. The van der Waals surface area contributed by atoms with Crippen molar-refractivity contribution in [3.8, 4) is 0 Å². The maximum Gasteiger partial charge on any atom is 0.253 e. The Bertz CT molecular complexity index is 775. The van der Waals surface area contributed by atoms with Gasteiger partial charge in [-0.1, -0.05) is 6.42 Å². The van der Waals surface area contributed by atoms with Gasteiger partial charge in [-0.3, -0.25) is 4.79 Å². The van der Waals surface area contributed by atoms with E-state index in [-0.39, 0.29) is 17.5 Å². The van der Waals surface area contributed by atoms with Crippen molar-refractivity contribution in [2.75, 3.05) is 5.73 Å². The molecule has 0 radical (unpaired) electrons. The van der Waals surface area contributed by atoms with Crippen LogP contribution < -0.4 is 11.5 Å². The lowest BCUT2D eigenvalue weighted by atomic mass is 9.86. The predicted octanol–water partition coefficient (Wildman–Crippen LogP) is 1.53. The van der Waals surface area contributed by atoms with Crippen LogP contribution in [0.4, 0.5) is 5.82 Å². The number of carbonyl (C=O) groups excluding carboxylic acids is 1. The molecule has 0 spiro atoms. The molecule has 5 N–H and O–H groups in total. The molecule has 2 heterocycles. The molecule has 2 aromatic heterocycles. The number of primary amides is 1. The van der Waals surface area contributed by atoms with Gasteiger partial charge in [0.05, 0.1) is 16.6 Å². The molecule has 7 nitrogen and oxygen atoms in total. The van der Waals surface area contributed by atoms with Crippen LogP contribution in [0.15, 0.2) is 6.20 Å². The lowest BCUT2D eigenvalue weighted by Gasteiger charge is -2.32. The summed E-state index contributed by atoms with van der Waals surface area (Å²) >= 11 is 0. The summed E-state index contributed by atoms with van der Waals surface area (Å²) in [6.45, 7) is 5.42. The molecule has 7 heteroatoms. The second-order valence-electron chi connectivity index (χ2n) is 6.91. The summed E-state index contributed by atoms with van der Waals surface area (Å²) in [6, 6.07) is -0.0140. The number of amides is 1. The standard InChI is InChI=1S/C16H23N5O2/c1-8-19-7-9-12(14(18)22)13(17)21(15(9)20-8)11-6-4-5-10(11)16(2,3)23/h7,10-11,23H,4-6,17H2,1-3H3,(H2,18,22)/t10-,11-/m1/s1. The number of aliphatic hydroxyl groups is 1. The topological polar surface area (TPSA) is 120 Å². The summed E-state index contributed by atoms with van der Waals surface area (Å²) in [4.78, 5) is 20.5. The molecule has 0 unspecified atom stereocenters. The van der Waals surface area contributed by atoms with Crippen molar-refractivity contribution in [1.29, 1.82) is 0 Å². The maximum atomic E-state index is 11.9. The summed E-state index contributed by atoms with van der Waals surface area (Å²) in [5.41, 5.74) is 11.8. The van der Waals surface area contributed by atoms with Crippen LogP contribution in [0.2, 0.25) is 0 Å². The molecule has 23 heavy (non-hydrogen) atoms. The first kappa shape index (κ1) is 15.7. The van der Waals surface area contributed by atoms with Crippen LogP contribution >= 0.6 is 0 Å². The van der Waals surface area contributed by atoms with Crippen molar-refractivity contribution in [3.05, 3.63) is 17.6 Å². The van der Waals surface area contributed by atoms with E-state index in [9.17, 15) is 9.90 Å². The van der Waals surface area contributed by atoms with Crippen LogP contribution in [-0.2, 0) is 0 Å². The number of nitrogen functional groups attached to an aromatic ring is 1. The molecule has 124 valence electrons. The number of hydrogen-bond acceptors (Lipinski definition) is 5. The zero-order valence-corrected chi connectivity index (χ0v) is 13.7. The van der Waals surface area contributed by atoms with Crippen molar-refractivity contribution in [1.82, 2.24) is 14.5 Å². The van der Waals surface area contributed by atoms with Crippen molar-refractivity contribution in [3.63, 3.8) is 0 Å². The molecule has 0 aliphatic heterocycles. The molecule has 1 aliphatic carbocycles. The summed E-state index contributed by atoms with van der Waals surface area (Å²) in [7, 11) is 0. The van der Waals surface area contributed by atoms with Gasteiger partial charge in [0, 0.05) is 18.2 Å². The van der Waals surface area contributed by atoms with Gasteiger partial charge in [0.1, 0.15) is 17.3 Å². The van der Waals surface area contributed by atoms with E-state index in [0.717, 1.165) is 19.3 Å². The molecule has 0 saturated heterocycles. The van der Waals surface area contributed by atoms with E-state index in [2.05, 4.69) is 9.97 Å². The van der Waals surface area contributed by atoms with Gasteiger partial charge in [-0.2, -0.15) is 0 Å². The third kappa shape index (κ3) is 2.45. The minimum atomic E-state index is -0.834. The average Bonchev–Trinajstić information content (AvgIpc) is 2.99. The zero-order chi connectivity index (χ0) is 16.9.